The molecule has 8 aliphatic carbocycles. The molecule has 8 aliphatic rings. The third kappa shape index (κ3) is 7.45. The standard InChI is InChI=1S/C50H84N2O8/c1-27(33-9-11-35-45-37(25-41(57)49(33,35)5)47(3)17-15-31(53)21-29(47)23-39(45)55)7-13-43(59)51-19-20-52-44(60)14-8-28(2)34-10-12-36-46-38(26-42(58)50(34,36)6)48(4)18-16-32(54)22-30(48)24-40(46)56/h27-42,45-46,53-58H,7-26H2,1-6H3,(H,51,59)(H,52,60)/t27-,28-,29?,30?,31-,32-,33-,34-,35?,36?,37?,38?,39?,40?,41+,42+,45?,46?,47+,48+,49-,50-/m1/s1. The van der Waals surface area contributed by atoms with Gasteiger partial charge < -0.3 is 41.3 Å². The van der Waals surface area contributed by atoms with Gasteiger partial charge in [-0.05, 0) is 195 Å². The van der Waals surface area contributed by atoms with Crippen molar-refractivity contribution in [2.45, 2.75) is 194 Å². The molecule has 0 spiro atoms. The molecule has 0 aromatic heterocycles. The van der Waals surface area contributed by atoms with E-state index >= 15 is 0 Å². The van der Waals surface area contributed by atoms with Gasteiger partial charge in [0.15, 0.2) is 0 Å². The number of aliphatic hydroxyl groups is 6. The van der Waals surface area contributed by atoms with Crippen molar-refractivity contribution in [1.29, 1.82) is 0 Å². The molecule has 8 fully saturated rings. The summed E-state index contributed by atoms with van der Waals surface area (Å²) in [7, 11) is 0. The minimum absolute atomic E-state index is 0.0131. The largest absolute Gasteiger partial charge is 0.393 e. The van der Waals surface area contributed by atoms with Crippen LogP contribution in [0.15, 0.2) is 0 Å². The highest BCUT2D eigenvalue weighted by molar-refractivity contribution is 5.77. The van der Waals surface area contributed by atoms with Crippen LogP contribution >= 0.6 is 0 Å². The van der Waals surface area contributed by atoms with Gasteiger partial charge in [-0.1, -0.05) is 41.5 Å². The smallest absolute Gasteiger partial charge is 0.220 e. The summed E-state index contributed by atoms with van der Waals surface area (Å²) in [5, 5.41) is 73.9. The van der Waals surface area contributed by atoms with Gasteiger partial charge in [0.2, 0.25) is 11.8 Å². The Morgan fingerprint density at radius 3 is 1.30 bits per heavy atom. The van der Waals surface area contributed by atoms with Gasteiger partial charge in [-0.2, -0.15) is 0 Å². The number of hydrogen-bond acceptors (Lipinski definition) is 8. The van der Waals surface area contributed by atoms with Crippen LogP contribution in [-0.4, -0.2) is 92.2 Å². The van der Waals surface area contributed by atoms with Crippen molar-refractivity contribution >= 4 is 11.8 Å². The first-order valence-corrected chi connectivity index (χ1v) is 25.0. The fraction of sp³-hybridized carbons (Fsp3) is 0.960. The zero-order valence-electron chi connectivity index (χ0n) is 38.0. The van der Waals surface area contributed by atoms with E-state index in [1.807, 2.05) is 0 Å². The first-order valence-electron chi connectivity index (χ1n) is 25.0. The quantitative estimate of drug-likeness (QED) is 0.117. The molecule has 0 aromatic carbocycles. The summed E-state index contributed by atoms with van der Waals surface area (Å²) < 4.78 is 0. The second-order valence-corrected chi connectivity index (χ2v) is 23.8. The first-order chi connectivity index (χ1) is 28.3. The molecule has 0 bridgehead atoms. The summed E-state index contributed by atoms with van der Waals surface area (Å²) in [6.07, 6.45) is 12.2. The molecule has 0 heterocycles. The highest BCUT2D eigenvalue weighted by Crippen LogP contribution is 2.70. The van der Waals surface area contributed by atoms with Crippen LogP contribution in [0.3, 0.4) is 0 Å². The van der Waals surface area contributed by atoms with Crippen molar-refractivity contribution in [2.24, 2.45) is 92.7 Å². The van der Waals surface area contributed by atoms with Crippen molar-refractivity contribution in [2.75, 3.05) is 13.1 Å². The zero-order chi connectivity index (χ0) is 43.1. The molecule has 8 N–H and O–H groups in total. The molecule has 2 amide bonds. The van der Waals surface area contributed by atoms with Crippen LogP contribution in [0.4, 0.5) is 0 Å². The van der Waals surface area contributed by atoms with E-state index in [-0.39, 0.29) is 117 Å². The van der Waals surface area contributed by atoms with Gasteiger partial charge in [0.1, 0.15) is 0 Å². The number of rotatable bonds is 11. The summed E-state index contributed by atoms with van der Waals surface area (Å²) in [6.45, 7) is 14.5. The summed E-state index contributed by atoms with van der Waals surface area (Å²) in [5.41, 5.74) is -0.456. The second-order valence-electron chi connectivity index (χ2n) is 23.8. The maximum Gasteiger partial charge on any atom is 0.220 e. The van der Waals surface area contributed by atoms with E-state index in [1.54, 1.807) is 0 Å². The lowest BCUT2D eigenvalue weighted by atomic mass is 9.43. The number of fused-ring (bicyclic) bond motifs is 10. The minimum Gasteiger partial charge on any atom is -0.393 e. The number of aliphatic hydroxyl groups excluding tert-OH is 6. The van der Waals surface area contributed by atoms with E-state index in [0.717, 1.165) is 103 Å². The van der Waals surface area contributed by atoms with Crippen molar-refractivity contribution < 1.29 is 40.2 Å². The molecule has 0 radical (unpaired) electrons. The van der Waals surface area contributed by atoms with Gasteiger partial charge in [-0.15, -0.1) is 0 Å². The van der Waals surface area contributed by atoms with Crippen molar-refractivity contribution in [3.63, 3.8) is 0 Å². The van der Waals surface area contributed by atoms with E-state index in [4.69, 9.17) is 0 Å². The van der Waals surface area contributed by atoms with Crippen molar-refractivity contribution in [1.82, 2.24) is 10.6 Å². The average molecular weight is 841 g/mol. The molecule has 60 heavy (non-hydrogen) atoms. The van der Waals surface area contributed by atoms with Crippen LogP contribution in [0.1, 0.15) is 157 Å². The Bertz CT molecular complexity index is 1450. The van der Waals surface area contributed by atoms with E-state index in [2.05, 4.69) is 52.2 Å². The Morgan fingerprint density at radius 1 is 0.533 bits per heavy atom. The SMILES string of the molecule is C[C@H](CCC(=O)NCCNC(=O)CC[C@@H](C)[C@H]1CCC2C3C(O)CC4C[C@H](O)CC[C@]4(C)C3C[C@H](O)[C@@]21C)[C@H]1CCC2C3C(O)CC4C[C@H](O)CC[C@]4(C)C3C[C@H](O)[C@@]21C. The number of hydrogen-bond donors (Lipinski definition) is 8. The van der Waals surface area contributed by atoms with Gasteiger partial charge >= 0.3 is 0 Å². The average Bonchev–Trinajstić information content (AvgIpc) is 3.75. The first kappa shape index (κ1) is 45.3. The minimum atomic E-state index is -0.436. The molecule has 10 unspecified atom stereocenters. The summed E-state index contributed by atoms with van der Waals surface area (Å²) in [5.74, 6) is 3.13. The number of carbonyl (C=O) groups is 2. The van der Waals surface area contributed by atoms with E-state index in [0.29, 0.717) is 37.8 Å². The van der Waals surface area contributed by atoms with Gasteiger partial charge in [-0.25, -0.2) is 0 Å². The normalized spacial score (nSPS) is 51.7. The van der Waals surface area contributed by atoms with Gasteiger partial charge in [-0.3, -0.25) is 9.59 Å². The molecule has 342 valence electrons. The Balaban J connectivity index is 0.765. The lowest BCUT2D eigenvalue weighted by molar-refractivity contribution is -0.207. The van der Waals surface area contributed by atoms with Crippen LogP contribution in [0.5, 0.6) is 0 Å². The molecule has 8 rings (SSSR count). The van der Waals surface area contributed by atoms with Gasteiger partial charge in [0, 0.05) is 25.9 Å². The number of carbonyl (C=O) groups excluding carboxylic acids is 2. The topological polar surface area (TPSA) is 180 Å². The summed E-state index contributed by atoms with van der Waals surface area (Å²) in [6, 6.07) is 0. The van der Waals surface area contributed by atoms with Crippen LogP contribution in [-0.2, 0) is 9.59 Å². The predicted molar refractivity (Wildman–Crippen MR) is 231 cm³/mol. The zero-order valence-corrected chi connectivity index (χ0v) is 38.0. The fourth-order valence-electron chi connectivity index (χ4n) is 18.0. The van der Waals surface area contributed by atoms with E-state index < -0.39 is 12.2 Å². The van der Waals surface area contributed by atoms with Crippen molar-refractivity contribution in [3.8, 4) is 0 Å². The molecule has 0 aromatic rings. The van der Waals surface area contributed by atoms with E-state index in [9.17, 15) is 40.2 Å². The molecule has 10 nitrogen and oxygen atoms in total. The molecule has 0 saturated heterocycles. The third-order valence-corrected chi connectivity index (χ3v) is 21.5. The van der Waals surface area contributed by atoms with E-state index in [1.165, 1.54) is 0 Å². The lowest BCUT2D eigenvalue weighted by Crippen LogP contribution is -2.62. The highest BCUT2D eigenvalue weighted by atomic mass is 16.3. The monoisotopic (exact) mass is 841 g/mol. The molecular weight excluding hydrogens is 757 g/mol. The molecule has 8 saturated carbocycles. The second kappa shape index (κ2) is 16.9. The maximum atomic E-state index is 13.0. The van der Waals surface area contributed by atoms with Crippen LogP contribution in [0, 0.1) is 92.7 Å². The number of amides is 2. The maximum absolute atomic E-state index is 13.0. The van der Waals surface area contributed by atoms with Crippen LogP contribution < -0.4 is 10.6 Å². The molecule has 0 aliphatic heterocycles. The van der Waals surface area contributed by atoms with Gasteiger partial charge in [0.05, 0.1) is 36.6 Å². The summed E-state index contributed by atoms with van der Waals surface area (Å²) >= 11 is 0. The predicted octanol–water partition coefficient (Wildman–Crippen LogP) is 5.97. The Hall–Kier alpha value is -1.30. The Labute approximate surface area is 361 Å². The molecule has 10 heteroatoms. The Morgan fingerprint density at radius 2 is 0.917 bits per heavy atom. The van der Waals surface area contributed by atoms with Crippen LogP contribution in [0.25, 0.3) is 0 Å². The highest BCUT2D eigenvalue weighted by Gasteiger charge is 2.67. The number of nitrogens with one attached hydrogen (secondary N) is 2. The molecular formula is C50H84N2O8. The fourth-order valence-corrected chi connectivity index (χ4v) is 18.0. The Kier molecular flexibility index (Phi) is 12.8. The molecule has 22 atom stereocenters. The summed E-state index contributed by atoms with van der Waals surface area (Å²) in [4.78, 5) is 26.1. The third-order valence-electron chi connectivity index (χ3n) is 21.5. The van der Waals surface area contributed by atoms with Crippen molar-refractivity contribution in [3.05, 3.63) is 0 Å². The van der Waals surface area contributed by atoms with Gasteiger partial charge in [0.25, 0.3) is 0 Å². The van der Waals surface area contributed by atoms with Crippen LogP contribution in [0.2, 0.25) is 0 Å². The lowest BCUT2D eigenvalue weighted by Gasteiger charge is -2.63.